The van der Waals surface area contributed by atoms with Crippen molar-refractivity contribution >= 4 is 10.1 Å². The van der Waals surface area contributed by atoms with E-state index >= 15 is 0 Å². The van der Waals surface area contributed by atoms with E-state index in [0.717, 1.165) is 5.56 Å². The summed E-state index contributed by atoms with van der Waals surface area (Å²) in [4.78, 5) is -0.247. The number of benzene rings is 1. The van der Waals surface area contributed by atoms with Crippen LogP contribution >= 0.6 is 0 Å². The van der Waals surface area contributed by atoms with Crippen molar-refractivity contribution in [3.63, 3.8) is 0 Å². The standard InChI is InChI=1S/C7H6O3S/c1-6-2-4-7(5-3-6)11(8,9)10/h2,5H,1H3,(H,8,9,10). The Morgan fingerprint density at radius 2 is 2.00 bits per heavy atom. The smallest absolute Gasteiger partial charge is 0.282 e. The Morgan fingerprint density at radius 1 is 1.36 bits per heavy atom. The van der Waals surface area contributed by atoms with Crippen LogP contribution in [0.3, 0.4) is 0 Å². The molecule has 0 saturated carbocycles. The summed E-state index contributed by atoms with van der Waals surface area (Å²) in [5.41, 5.74) is 0.775. The second-order valence-electron chi connectivity index (χ2n) is 2.10. The predicted octanol–water partition coefficient (Wildman–Crippen LogP) is 0.842. The number of hydrogen-bond acceptors (Lipinski definition) is 2. The highest BCUT2D eigenvalue weighted by molar-refractivity contribution is 7.85. The van der Waals surface area contributed by atoms with E-state index < -0.39 is 10.1 Å². The van der Waals surface area contributed by atoms with E-state index in [2.05, 4.69) is 12.1 Å². The second-order valence-corrected chi connectivity index (χ2v) is 3.49. The van der Waals surface area contributed by atoms with E-state index in [1.165, 1.54) is 12.1 Å². The third kappa shape index (κ3) is 2.03. The van der Waals surface area contributed by atoms with Gasteiger partial charge >= 0.3 is 0 Å². The topological polar surface area (TPSA) is 54.4 Å². The van der Waals surface area contributed by atoms with Gasteiger partial charge in [0.25, 0.3) is 10.1 Å². The Labute approximate surface area is 65.4 Å². The summed E-state index contributed by atoms with van der Waals surface area (Å²) in [5, 5.41) is 0. The molecular weight excluding hydrogens is 164 g/mol. The molecule has 3 nitrogen and oxygen atoms in total. The zero-order valence-corrected chi connectivity index (χ0v) is 6.64. The monoisotopic (exact) mass is 170 g/mol. The minimum Gasteiger partial charge on any atom is -0.282 e. The van der Waals surface area contributed by atoms with Crippen LogP contribution in [-0.4, -0.2) is 13.0 Å². The van der Waals surface area contributed by atoms with E-state index in [9.17, 15) is 8.42 Å². The number of aryl methyl sites for hydroxylation is 1. The molecule has 0 unspecified atom stereocenters. The third-order valence-corrected chi connectivity index (χ3v) is 1.93. The molecule has 0 spiro atoms. The molecular formula is C7H6O3S. The molecule has 0 aliphatic heterocycles. The predicted molar refractivity (Wildman–Crippen MR) is 38.7 cm³/mol. The van der Waals surface area contributed by atoms with Crippen LogP contribution in [0, 0.1) is 19.1 Å². The fourth-order valence-electron chi connectivity index (χ4n) is 0.591. The van der Waals surface area contributed by atoms with Crippen LogP contribution in [0.5, 0.6) is 0 Å². The van der Waals surface area contributed by atoms with Crippen molar-refractivity contribution in [1.82, 2.24) is 0 Å². The Hall–Kier alpha value is -0.870. The molecule has 0 heterocycles. The normalized spacial score (nSPS) is 11.5. The minimum atomic E-state index is -4.11. The Balaban J connectivity index is 3.20. The zero-order chi connectivity index (χ0) is 8.48. The Bertz CT molecular complexity index is 336. The van der Waals surface area contributed by atoms with Crippen molar-refractivity contribution in [1.29, 1.82) is 0 Å². The molecule has 0 fully saturated rings. The maximum Gasteiger partial charge on any atom is 0.295 e. The van der Waals surface area contributed by atoms with Gasteiger partial charge < -0.3 is 0 Å². The fourth-order valence-corrected chi connectivity index (χ4v) is 1.01. The lowest BCUT2D eigenvalue weighted by atomic mass is 10.2. The van der Waals surface area contributed by atoms with Crippen LogP contribution in [0.2, 0.25) is 0 Å². The first-order chi connectivity index (χ1) is 5.00. The van der Waals surface area contributed by atoms with Gasteiger partial charge in [-0.25, -0.2) is 0 Å². The van der Waals surface area contributed by atoms with E-state index in [-0.39, 0.29) is 4.90 Å². The van der Waals surface area contributed by atoms with Crippen molar-refractivity contribution in [3.8, 4) is 0 Å². The lowest BCUT2D eigenvalue weighted by molar-refractivity contribution is 0.483. The molecule has 1 aromatic carbocycles. The largest absolute Gasteiger partial charge is 0.295 e. The van der Waals surface area contributed by atoms with Gasteiger partial charge in [-0.2, -0.15) is 8.42 Å². The van der Waals surface area contributed by atoms with Crippen LogP contribution in [0.15, 0.2) is 17.0 Å². The second kappa shape index (κ2) is 2.64. The van der Waals surface area contributed by atoms with Crippen LogP contribution in [0.25, 0.3) is 0 Å². The molecule has 1 N–H and O–H groups in total. The highest BCUT2D eigenvalue weighted by Gasteiger charge is 2.07. The molecule has 0 aromatic heterocycles. The summed E-state index contributed by atoms with van der Waals surface area (Å²) in [6, 6.07) is 7.68. The highest BCUT2D eigenvalue weighted by Crippen LogP contribution is 2.07. The molecule has 1 rings (SSSR count). The van der Waals surface area contributed by atoms with E-state index in [0.29, 0.717) is 0 Å². The molecule has 0 aliphatic carbocycles. The summed E-state index contributed by atoms with van der Waals surface area (Å²) in [6.45, 7) is 1.75. The minimum absolute atomic E-state index is 0.247. The van der Waals surface area contributed by atoms with Crippen molar-refractivity contribution in [2.24, 2.45) is 0 Å². The van der Waals surface area contributed by atoms with Crippen molar-refractivity contribution in [2.45, 2.75) is 11.8 Å². The van der Waals surface area contributed by atoms with Crippen molar-refractivity contribution < 1.29 is 13.0 Å². The summed E-state index contributed by atoms with van der Waals surface area (Å²) in [6.07, 6.45) is 0. The molecule has 1 aromatic rings. The third-order valence-electron chi connectivity index (χ3n) is 1.14. The summed E-state index contributed by atoms with van der Waals surface area (Å²) < 4.78 is 29.4. The van der Waals surface area contributed by atoms with Crippen molar-refractivity contribution in [3.05, 3.63) is 29.8 Å². The first kappa shape index (κ1) is 8.23. The van der Waals surface area contributed by atoms with Gasteiger partial charge in [0.05, 0.1) is 0 Å². The first-order valence-corrected chi connectivity index (χ1v) is 4.31. The highest BCUT2D eigenvalue weighted by atomic mass is 32.2. The van der Waals surface area contributed by atoms with Gasteiger partial charge in [-0.3, -0.25) is 4.55 Å². The van der Waals surface area contributed by atoms with Gasteiger partial charge in [0, 0.05) is 6.07 Å². The van der Waals surface area contributed by atoms with Gasteiger partial charge in [0.15, 0.2) is 0 Å². The number of rotatable bonds is 1. The van der Waals surface area contributed by atoms with Gasteiger partial charge in [-0.05, 0) is 30.7 Å². The maximum absolute atomic E-state index is 10.4. The van der Waals surface area contributed by atoms with Gasteiger partial charge in [0.2, 0.25) is 0 Å². The number of hydrogen-bond donors (Lipinski definition) is 1. The van der Waals surface area contributed by atoms with Crippen LogP contribution in [-0.2, 0) is 10.1 Å². The molecule has 11 heavy (non-hydrogen) atoms. The van der Waals surface area contributed by atoms with E-state index in [1.807, 2.05) is 0 Å². The summed E-state index contributed by atoms with van der Waals surface area (Å²) in [7, 11) is -4.11. The van der Waals surface area contributed by atoms with E-state index in [4.69, 9.17) is 4.55 Å². The van der Waals surface area contributed by atoms with Gasteiger partial charge in [-0.1, -0.05) is 0 Å². The van der Waals surface area contributed by atoms with Crippen molar-refractivity contribution in [2.75, 3.05) is 0 Å². The average molecular weight is 170 g/mol. The maximum atomic E-state index is 10.4. The quantitative estimate of drug-likeness (QED) is 0.635. The van der Waals surface area contributed by atoms with Gasteiger partial charge in [-0.15, -0.1) is 0 Å². The zero-order valence-electron chi connectivity index (χ0n) is 5.83. The molecule has 0 amide bonds. The Kier molecular flexibility index (Phi) is 1.97. The Morgan fingerprint density at radius 3 is 2.36 bits per heavy atom. The molecule has 0 atom stereocenters. The lowest BCUT2D eigenvalue weighted by Gasteiger charge is -1.94. The molecule has 0 saturated heterocycles. The molecule has 4 heteroatoms. The summed E-state index contributed by atoms with van der Waals surface area (Å²) >= 11 is 0. The first-order valence-electron chi connectivity index (χ1n) is 2.87. The molecule has 2 radical (unpaired) electrons. The molecule has 0 bridgehead atoms. The molecule has 58 valence electrons. The average Bonchev–Trinajstić information content (AvgIpc) is 1.86. The van der Waals surface area contributed by atoms with Crippen LogP contribution in [0.4, 0.5) is 0 Å². The van der Waals surface area contributed by atoms with Crippen LogP contribution in [0.1, 0.15) is 5.56 Å². The lowest BCUT2D eigenvalue weighted by Crippen LogP contribution is -1.97. The SMILES string of the molecule is Cc1[c]cc(S(=O)(=O)O)[c]c1. The fraction of sp³-hybridized carbons (Fsp3) is 0.143. The molecule has 0 aliphatic rings. The van der Waals surface area contributed by atoms with Gasteiger partial charge in [0.1, 0.15) is 4.90 Å². The summed E-state index contributed by atoms with van der Waals surface area (Å²) in [5.74, 6) is 0. The van der Waals surface area contributed by atoms with Crippen LogP contribution < -0.4 is 0 Å². The van der Waals surface area contributed by atoms with E-state index in [1.54, 1.807) is 6.92 Å².